The number of aryl methyl sites for hydroxylation is 4. The van der Waals surface area contributed by atoms with Crippen LogP contribution in [0.25, 0.3) is 41.8 Å². The number of aromatic nitrogens is 4. The fourth-order valence-electron chi connectivity index (χ4n) is 23.9. The summed E-state index contributed by atoms with van der Waals surface area (Å²) in [7, 11) is -7.20. The summed E-state index contributed by atoms with van der Waals surface area (Å²) in [4.78, 5) is 181. The molecule has 0 radical (unpaired) electrons. The largest absolute Gasteiger partial charge is 0.391 e. The highest BCUT2D eigenvalue weighted by Gasteiger charge is 2.59. The monoisotopic (exact) mass is 2130 g/mol. The van der Waals surface area contributed by atoms with Crippen LogP contribution in [0.4, 0.5) is 0 Å². The maximum Gasteiger partial charge on any atom is 0.256 e. The average Bonchev–Trinajstić information content (AvgIpc) is 1.59. The van der Waals surface area contributed by atoms with E-state index in [9.17, 15) is 85.2 Å². The van der Waals surface area contributed by atoms with Crippen LogP contribution in [0.1, 0.15) is 217 Å². The predicted octanol–water partition coefficient (Wildman–Crippen LogP) is 11.8. The highest BCUT2D eigenvalue weighted by atomic mass is 32.2. The van der Waals surface area contributed by atoms with E-state index in [0.29, 0.717) is 100 Å². The number of hydrogen-bond acceptors (Lipinski definition) is 26. The number of aliphatic hydroxyl groups is 4. The minimum atomic E-state index is -3.60. The maximum atomic E-state index is 13.9. The molecule has 4 aromatic heterocycles. The minimum Gasteiger partial charge on any atom is -0.391 e. The second-order valence-electron chi connectivity index (χ2n) is 44.1. The van der Waals surface area contributed by atoms with Crippen LogP contribution in [-0.4, -0.2) is 315 Å². The summed E-state index contributed by atoms with van der Waals surface area (Å²) < 4.78 is 52.5. The van der Waals surface area contributed by atoms with Crippen molar-refractivity contribution in [3.05, 3.63) is 164 Å². The molecule has 0 spiro atoms. The van der Waals surface area contributed by atoms with E-state index < -0.39 is 125 Å². The smallest absolute Gasteiger partial charge is 0.256 e. The molecule has 8 aromatic rings. The number of rotatable bonds is 18. The molecule has 148 heavy (non-hydrogen) atoms. The first-order chi connectivity index (χ1) is 69.8. The number of carbonyl (C=O) groups is 10. The van der Waals surface area contributed by atoms with E-state index in [1.165, 1.54) is 22.5 Å². The standard InChI is InChI=1S/2C27H34N4O5S2.2C27H32N4O4S/c2*1-16-22(37-15-28-16)17-6-8-18(9-7-17)27(4)13-20(29-25(27)34)21-12-19(32)14-30(21)24(33)23-26(2,3)10-11-31(23)38(5,35)36;2*1-16-24(36-15-28-16)18-7-9-19(10-8-18)27(3)13-21(29-26(27)35)23-12-20(33)14-31(23)25(34)22-6-4-5-11-30(22)17(2)32/h2*6-9,15,19,21,23,32H,10-14H2,1-5H3;2*7-10,15,20,22-23,33H,4-6,11-14H2,1-3H3/t19-,21?,23?,27+;;20-,22+,23+,27+;20-,22-,23+,27+/m1.11/s1. The number of carbonyl (C=O) groups excluding carboxylic acids is 10. The van der Waals surface area contributed by atoms with Gasteiger partial charge in [0.1, 0.15) is 24.2 Å². The Morgan fingerprint density at radius 1 is 0.338 bits per heavy atom. The van der Waals surface area contributed by atoms with Gasteiger partial charge in [-0.2, -0.15) is 8.61 Å². The number of hydrogen-bond donors (Lipinski definition) is 4. The summed E-state index contributed by atoms with van der Waals surface area (Å²) in [5.41, 5.74) is 16.6. The Morgan fingerprint density at radius 2 is 0.568 bits per heavy atom. The summed E-state index contributed by atoms with van der Waals surface area (Å²) in [6.45, 7) is 28.2. The molecular formula is C108H132N16O18S6. The van der Waals surface area contributed by atoms with Crippen LogP contribution < -0.4 is 0 Å². The van der Waals surface area contributed by atoms with Crippen molar-refractivity contribution in [1.82, 2.24) is 57.9 Å². The molecule has 6 unspecified atom stereocenters. The van der Waals surface area contributed by atoms with Crippen molar-refractivity contribution in [3.8, 4) is 41.8 Å². The zero-order valence-corrected chi connectivity index (χ0v) is 91.5. The number of likely N-dealkylation sites (tertiary alicyclic amines) is 6. The fraction of sp³-hybridized carbons (Fsp3) is 0.537. The lowest BCUT2D eigenvalue weighted by atomic mass is 9.78. The van der Waals surface area contributed by atoms with Gasteiger partial charge in [-0.15, -0.1) is 45.3 Å². The van der Waals surface area contributed by atoms with Crippen molar-refractivity contribution in [2.75, 3.05) is 64.9 Å². The van der Waals surface area contributed by atoms with E-state index in [1.54, 1.807) is 74.7 Å². The van der Waals surface area contributed by atoms with Gasteiger partial charge in [-0.3, -0.25) is 47.9 Å². The molecule has 12 aliphatic heterocycles. The number of thiazole rings is 4. The highest BCUT2D eigenvalue weighted by Crippen LogP contribution is 2.49. The van der Waals surface area contributed by atoms with Crippen LogP contribution in [0.5, 0.6) is 0 Å². The summed E-state index contributed by atoms with van der Waals surface area (Å²) in [5.74, 6) is -2.21. The van der Waals surface area contributed by atoms with Crippen molar-refractivity contribution in [2.45, 2.75) is 294 Å². The van der Waals surface area contributed by atoms with E-state index in [0.717, 1.165) is 125 Å². The number of β-amino-alcohol motifs (C(OH)–C–C–N with tert-alkyl or cyclic N) is 4. The van der Waals surface area contributed by atoms with E-state index in [2.05, 4.69) is 39.9 Å². The molecule has 0 bridgehead atoms. The van der Waals surface area contributed by atoms with Crippen molar-refractivity contribution in [3.63, 3.8) is 0 Å². The van der Waals surface area contributed by atoms with Crippen molar-refractivity contribution >= 4 is 147 Å². The lowest BCUT2D eigenvalue weighted by Crippen LogP contribution is -2.54. The molecule has 788 valence electrons. The summed E-state index contributed by atoms with van der Waals surface area (Å²) >= 11 is 6.31. The third kappa shape index (κ3) is 21.2. The molecule has 8 saturated heterocycles. The van der Waals surface area contributed by atoms with Crippen molar-refractivity contribution in [2.24, 2.45) is 30.8 Å². The van der Waals surface area contributed by atoms with Crippen molar-refractivity contribution in [1.29, 1.82) is 0 Å². The number of piperidine rings is 2. The van der Waals surface area contributed by atoms with Crippen LogP contribution in [0, 0.1) is 38.5 Å². The van der Waals surface area contributed by atoms with Crippen LogP contribution in [0.15, 0.2) is 139 Å². The van der Waals surface area contributed by atoms with Crippen LogP contribution in [0.2, 0.25) is 0 Å². The first kappa shape index (κ1) is 108. The van der Waals surface area contributed by atoms with Gasteiger partial charge in [0, 0.05) is 140 Å². The lowest BCUT2D eigenvalue weighted by molar-refractivity contribution is -0.146. The SMILES string of the molecule is CC(=O)N1CCCC[C@@H]1C(=O)N1C[C@H](O)C[C@H]1C1=NC(=O)[C@](C)(c2ccc(-c3scnc3C)cc2)C1.CC(=O)N1CCCC[C@H]1C(=O)N1C[C@H](O)C[C@H]1C1=NC(=O)[C@](C)(c2ccc(-c3scnc3C)cc2)C1.Cc1ncsc1-c1ccc(C2(C)CC(C3CC(O)CN3C(=O)C3N(S(C)(=O)=O)CCC3(C)C)=NC2=O)cc1.Cc1ncsc1-c1ccc([C@]2(C)CC(C3C[C@@H](O)CN3C(=O)C3N(S(C)(=O)=O)CCC3(C)C)=NC2=O)cc1. The Morgan fingerprint density at radius 3 is 0.777 bits per heavy atom. The summed E-state index contributed by atoms with van der Waals surface area (Å²) in [6.07, 6.45) is 7.93. The quantitative estimate of drug-likeness (QED) is 0.0620. The molecule has 40 heteroatoms. The van der Waals surface area contributed by atoms with Gasteiger partial charge in [-0.25, -0.2) is 56.7 Å². The second-order valence-corrected chi connectivity index (χ2v) is 51.4. The van der Waals surface area contributed by atoms with E-state index >= 15 is 0 Å². The van der Waals surface area contributed by atoms with E-state index in [4.69, 9.17) is 0 Å². The third-order valence-corrected chi connectivity index (χ3v) is 39.0. The molecule has 12 aliphatic rings. The number of aliphatic hydroxyl groups excluding tert-OH is 4. The zero-order chi connectivity index (χ0) is 106. The van der Waals surface area contributed by atoms with Crippen LogP contribution >= 0.6 is 45.3 Å². The molecule has 0 saturated carbocycles. The topological polar surface area (TPSA) is 447 Å². The number of benzene rings is 4. The lowest BCUT2D eigenvalue weighted by Gasteiger charge is -2.38. The first-order valence-corrected chi connectivity index (χ1v) is 58.0. The van der Waals surface area contributed by atoms with Crippen LogP contribution in [-0.2, 0) is 89.7 Å². The summed E-state index contributed by atoms with van der Waals surface area (Å²) in [5, 5.41) is 42.1. The predicted molar refractivity (Wildman–Crippen MR) is 569 cm³/mol. The number of amides is 10. The molecule has 10 amide bonds. The molecule has 0 aliphatic carbocycles. The summed E-state index contributed by atoms with van der Waals surface area (Å²) in [6, 6.07) is 27.0. The second kappa shape index (κ2) is 42.1. The molecule has 4 aromatic carbocycles. The highest BCUT2D eigenvalue weighted by molar-refractivity contribution is 7.88. The molecule has 8 fully saturated rings. The van der Waals surface area contributed by atoms with Gasteiger partial charge in [0.05, 0.1) is 147 Å². The molecule has 16 atom stereocenters. The van der Waals surface area contributed by atoms with Gasteiger partial charge in [-0.05, 0) is 162 Å². The van der Waals surface area contributed by atoms with Gasteiger partial charge >= 0.3 is 0 Å². The molecule has 20 rings (SSSR count). The molecular weight excluding hydrogens is 2000 g/mol. The minimum absolute atomic E-state index is 0.0838. The van der Waals surface area contributed by atoms with Gasteiger partial charge < -0.3 is 49.8 Å². The Hall–Kier alpha value is -10.8. The zero-order valence-electron chi connectivity index (χ0n) is 86.6. The van der Waals surface area contributed by atoms with Crippen molar-refractivity contribution < 1.29 is 85.2 Å². The van der Waals surface area contributed by atoms with Gasteiger partial charge in [0.25, 0.3) is 23.6 Å². The number of sulfonamides is 2. The number of aliphatic imine (C=N–C) groups is 4. The molecule has 16 heterocycles. The van der Waals surface area contributed by atoms with E-state index in [-0.39, 0.29) is 111 Å². The van der Waals surface area contributed by atoms with Gasteiger partial charge in [0.15, 0.2) is 0 Å². The van der Waals surface area contributed by atoms with Gasteiger partial charge in [0.2, 0.25) is 55.5 Å². The Labute approximate surface area is 879 Å². The van der Waals surface area contributed by atoms with Gasteiger partial charge in [-0.1, -0.05) is 125 Å². The molecule has 4 N–H and O–H groups in total. The van der Waals surface area contributed by atoms with E-state index in [1.807, 2.05) is 202 Å². The maximum absolute atomic E-state index is 13.9. The Kier molecular flexibility index (Phi) is 30.9. The average molecular weight is 2130 g/mol. The molecule has 34 nitrogen and oxygen atoms in total. The fourth-order valence-corrected chi connectivity index (χ4v) is 29.5. The first-order valence-electron chi connectivity index (χ1n) is 50.8. The Bertz CT molecular complexity index is 6490. The normalized spacial score (nSPS) is 29.1. The van der Waals surface area contributed by atoms with Crippen LogP contribution in [0.3, 0.4) is 0 Å². The third-order valence-electron chi connectivity index (χ3n) is 32.6. The number of nitrogens with zero attached hydrogens (tertiary/aromatic N) is 16. The Balaban J connectivity index is 0.000000135.